The first-order chi connectivity index (χ1) is 14.4. The molecule has 0 radical (unpaired) electrons. The van der Waals surface area contributed by atoms with Crippen LogP contribution in [0.1, 0.15) is 23.1 Å². The number of nitrogens with zero attached hydrogens (tertiary/aromatic N) is 1. The summed E-state index contributed by atoms with van der Waals surface area (Å²) < 4.78 is 16.1. The molecule has 1 unspecified atom stereocenters. The van der Waals surface area contributed by atoms with Gasteiger partial charge < -0.3 is 23.6 Å². The van der Waals surface area contributed by atoms with Crippen LogP contribution in [0.25, 0.3) is 5.76 Å². The maximum absolute atomic E-state index is 12.9. The third-order valence-corrected chi connectivity index (χ3v) is 5.23. The number of carbonyl (C=O) groups is 2. The molecule has 30 heavy (non-hydrogen) atoms. The normalized spacial score (nSPS) is 18.2. The van der Waals surface area contributed by atoms with E-state index >= 15 is 0 Å². The van der Waals surface area contributed by atoms with Crippen molar-refractivity contribution >= 4 is 40.7 Å². The van der Waals surface area contributed by atoms with Gasteiger partial charge in [0.25, 0.3) is 11.7 Å². The molecule has 3 aromatic rings. The van der Waals surface area contributed by atoms with Crippen molar-refractivity contribution in [3.8, 4) is 5.75 Å². The molecule has 1 N–H and O–H groups in total. The van der Waals surface area contributed by atoms with Gasteiger partial charge in [-0.2, -0.15) is 0 Å². The number of furan rings is 2. The topological polar surface area (TPSA) is 93.1 Å². The van der Waals surface area contributed by atoms with E-state index < -0.39 is 23.5 Å². The number of Topliss-reactive ketones (excluding diaryl/α,β-unsaturated/α-hetero) is 1. The number of aliphatic hydroxyl groups excluding tert-OH is 1. The van der Waals surface area contributed by atoms with E-state index in [2.05, 4.69) is 0 Å². The van der Waals surface area contributed by atoms with Crippen molar-refractivity contribution in [3.05, 3.63) is 81.6 Å². The fraction of sp³-hybridized carbons (Fsp3) is 0.143. The van der Waals surface area contributed by atoms with Crippen molar-refractivity contribution in [1.82, 2.24) is 4.90 Å². The molecular formula is C21H15Cl2NO6. The summed E-state index contributed by atoms with van der Waals surface area (Å²) in [6, 6.07) is 8.46. The molecule has 1 atom stereocenters. The van der Waals surface area contributed by atoms with Gasteiger partial charge in [-0.3, -0.25) is 9.59 Å². The second kappa shape index (κ2) is 7.93. The number of likely N-dealkylation sites (tertiary alicyclic amines) is 1. The molecule has 1 aliphatic heterocycles. The first kappa shape index (κ1) is 20.1. The van der Waals surface area contributed by atoms with E-state index in [1.54, 1.807) is 24.3 Å². The van der Waals surface area contributed by atoms with E-state index in [-0.39, 0.29) is 33.5 Å². The molecule has 154 valence electrons. The van der Waals surface area contributed by atoms with E-state index in [4.69, 9.17) is 36.8 Å². The van der Waals surface area contributed by atoms with E-state index in [9.17, 15) is 14.7 Å². The monoisotopic (exact) mass is 447 g/mol. The molecule has 1 aliphatic rings. The van der Waals surface area contributed by atoms with Crippen LogP contribution in [0.3, 0.4) is 0 Å². The summed E-state index contributed by atoms with van der Waals surface area (Å²) >= 11 is 12.3. The van der Waals surface area contributed by atoms with Gasteiger partial charge in [0.15, 0.2) is 0 Å². The van der Waals surface area contributed by atoms with Gasteiger partial charge in [0, 0.05) is 5.02 Å². The Morgan fingerprint density at radius 1 is 1.17 bits per heavy atom. The molecule has 7 nitrogen and oxygen atoms in total. The number of halogens is 2. The van der Waals surface area contributed by atoms with Gasteiger partial charge in [-0.1, -0.05) is 23.2 Å². The molecule has 2 aromatic heterocycles. The molecule has 4 rings (SSSR count). The molecule has 0 saturated carbocycles. The third kappa shape index (κ3) is 3.36. The number of hydrogen-bond donors (Lipinski definition) is 1. The third-order valence-electron chi connectivity index (χ3n) is 4.73. The van der Waals surface area contributed by atoms with E-state index in [0.717, 1.165) is 0 Å². The summed E-state index contributed by atoms with van der Waals surface area (Å²) in [6.45, 7) is 0.00710. The van der Waals surface area contributed by atoms with E-state index in [1.165, 1.54) is 36.7 Å². The van der Waals surface area contributed by atoms with Crippen LogP contribution in [-0.4, -0.2) is 28.8 Å². The highest BCUT2D eigenvalue weighted by Gasteiger charge is 2.48. The van der Waals surface area contributed by atoms with Gasteiger partial charge >= 0.3 is 0 Å². The Balaban J connectivity index is 1.91. The second-order valence-electron chi connectivity index (χ2n) is 6.49. The van der Waals surface area contributed by atoms with Crippen LogP contribution in [0.4, 0.5) is 0 Å². The van der Waals surface area contributed by atoms with Gasteiger partial charge in [0.05, 0.1) is 42.3 Å². The van der Waals surface area contributed by atoms with E-state index in [0.29, 0.717) is 11.5 Å². The zero-order chi connectivity index (χ0) is 21.4. The number of hydrogen-bond acceptors (Lipinski definition) is 6. The zero-order valence-corrected chi connectivity index (χ0v) is 17.1. The fourth-order valence-electron chi connectivity index (χ4n) is 3.44. The van der Waals surface area contributed by atoms with Crippen LogP contribution in [-0.2, 0) is 16.1 Å². The number of ether oxygens (including phenoxy) is 1. The predicted octanol–water partition coefficient (Wildman–Crippen LogP) is 4.81. The largest absolute Gasteiger partial charge is 0.507 e. The molecule has 1 amide bonds. The highest BCUT2D eigenvalue weighted by molar-refractivity contribution is 6.46. The Morgan fingerprint density at radius 3 is 2.53 bits per heavy atom. The summed E-state index contributed by atoms with van der Waals surface area (Å²) in [5.74, 6) is -1.27. The molecule has 1 fully saturated rings. The minimum atomic E-state index is -0.979. The minimum Gasteiger partial charge on any atom is -0.507 e. The summed E-state index contributed by atoms with van der Waals surface area (Å²) in [5, 5.41) is 11.5. The second-order valence-corrected chi connectivity index (χ2v) is 7.33. The number of benzene rings is 1. The molecule has 3 heterocycles. The fourth-order valence-corrected chi connectivity index (χ4v) is 4.02. The van der Waals surface area contributed by atoms with Crippen molar-refractivity contribution < 1.29 is 28.3 Å². The van der Waals surface area contributed by atoms with Gasteiger partial charge in [-0.25, -0.2) is 0 Å². The molecule has 9 heteroatoms. The van der Waals surface area contributed by atoms with Crippen LogP contribution in [0.2, 0.25) is 10.0 Å². The van der Waals surface area contributed by atoms with Gasteiger partial charge in [0.2, 0.25) is 0 Å². The Morgan fingerprint density at radius 2 is 1.90 bits per heavy atom. The lowest BCUT2D eigenvalue weighted by Crippen LogP contribution is -2.28. The Hall–Kier alpha value is -3.16. The molecule has 0 aliphatic carbocycles. The maximum Gasteiger partial charge on any atom is 0.296 e. The van der Waals surface area contributed by atoms with Crippen LogP contribution in [0.5, 0.6) is 5.75 Å². The standard InChI is InChI=1S/C21H15Cl2NO6/c1-28-20-13(8-11(22)9-14(20)23)18(25)16-17(15-5-3-7-30-15)24(21(27)19(16)26)10-12-4-2-6-29-12/h2-9,17,25H,10H2,1H3/b18-16-. The molecule has 1 saturated heterocycles. The Labute approximate surface area is 181 Å². The summed E-state index contributed by atoms with van der Waals surface area (Å²) in [7, 11) is 1.37. The van der Waals surface area contributed by atoms with Gasteiger partial charge in [0.1, 0.15) is 29.1 Å². The number of carbonyl (C=O) groups excluding carboxylic acids is 2. The van der Waals surface area contributed by atoms with Crippen molar-refractivity contribution in [3.63, 3.8) is 0 Å². The first-order valence-corrected chi connectivity index (χ1v) is 9.55. The smallest absolute Gasteiger partial charge is 0.296 e. The highest BCUT2D eigenvalue weighted by atomic mass is 35.5. The lowest BCUT2D eigenvalue weighted by molar-refractivity contribution is -0.140. The van der Waals surface area contributed by atoms with Crippen molar-refractivity contribution in [2.75, 3.05) is 7.11 Å². The molecule has 0 bridgehead atoms. The average molecular weight is 448 g/mol. The Bertz CT molecular complexity index is 1130. The lowest BCUT2D eigenvalue weighted by Gasteiger charge is -2.22. The number of aliphatic hydroxyl groups is 1. The minimum absolute atomic E-state index is 0.00710. The first-order valence-electron chi connectivity index (χ1n) is 8.80. The van der Waals surface area contributed by atoms with Crippen LogP contribution in [0, 0.1) is 0 Å². The summed E-state index contributed by atoms with van der Waals surface area (Å²) in [6.07, 6.45) is 2.88. The molecule has 0 spiro atoms. The quantitative estimate of drug-likeness (QED) is 0.342. The van der Waals surface area contributed by atoms with Crippen LogP contribution in [0.15, 0.2) is 63.3 Å². The lowest BCUT2D eigenvalue weighted by atomic mass is 9.98. The van der Waals surface area contributed by atoms with Crippen molar-refractivity contribution in [1.29, 1.82) is 0 Å². The van der Waals surface area contributed by atoms with Crippen LogP contribution >= 0.6 is 23.2 Å². The van der Waals surface area contributed by atoms with Crippen molar-refractivity contribution in [2.45, 2.75) is 12.6 Å². The SMILES string of the molecule is COc1c(Cl)cc(Cl)cc1/C(O)=C1/C(=O)C(=O)N(Cc2ccco2)C1c1ccco1. The summed E-state index contributed by atoms with van der Waals surface area (Å²) in [4.78, 5) is 27.1. The predicted molar refractivity (Wildman–Crippen MR) is 108 cm³/mol. The highest BCUT2D eigenvalue weighted by Crippen LogP contribution is 2.43. The van der Waals surface area contributed by atoms with Gasteiger partial charge in [-0.15, -0.1) is 0 Å². The number of ketones is 1. The van der Waals surface area contributed by atoms with Crippen LogP contribution < -0.4 is 4.74 Å². The summed E-state index contributed by atoms with van der Waals surface area (Å²) in [5.41, 5.74) is -0.0827. The van der Waals surface area contributed by atoms with Crippen molar-refractivity contribution in [2.24, 2.45) is 0 Å². The molecular weight excluding hydrogens is 433 g/mol. The molecule has 1 aromatic carbocycles. The average Bonchev–Trinajstić information content (AvgIpc) is 3.46. The zero-order valence-electron chi connectivity index (χ0n) is 15.6. The number of methoxy groups -OCH3 is 1. The number of amides is 1. The maximum atomic E-state index is 12.9. The van der Waals surface area contributed by atoms with Gasteiger partial charge in [-0.05, 0) is 36.4 Å². The Kier molecular flexibility index (Phi) is 5.32. The number of rotatable bonds is 5. The van der Waals surface area contributed by atoms with E-state index in [1.807, 2.05) is 0 Å².